The topological polar surface area (TPSA) is 62.7 Å². The lowest BCUT2D eigenvalue weighted by molar-refractivity contribution is -0.143. The number of aryl methyl sites for hydroxylation is 1. The quantitative estimate of drug-likeness (QED) is 0.870. The second-order valence-electron chi connectivity index (χ2n) is 4.35. The number of likely N-dealkylation sites (N-methyl/N-ethyl adjacent to an activating group) is 1. The van der Waals surface area contributed by atoms with Gasteiger partial charge in [-0.15, -0.1) is 11.3 Å². The molecule has 5 nitrogen and oxygen atoms in total. The second kappa shape index (κ2) is 5.12. The summed E-state index contributed by atoms with van der Waals surface area (Å²) in [7, 11) is 1.92. The van der Waals surface area contributed by atoms with Gasteiger partial charge in [0.15, 0.2) is 0 Å². The van der Waals surface area contributed by atoms with Crippen LogP contribution >= 0.6 is 11.3 Å². The predicted molar refractivity (Wildman–Crippen MR) is 64.1 cm³/mol. The molecule has 2 unspecified atom stereocenters. The molecule has 1 aromatic rings. The van der Waals surface area contributed by atoms with Crippen LogP contribution in [-0.4, -0.2) is 47.3 Å². The lowest BCUT2D eigenvalue weighted by atomic mass is 10.0. The summed E-state index contributed by atoms with van der Waals surface area (Å²) in [6, 6.07) is -0.0586. The van der Waals surface area contributed by atoms with Gasteiger partial charge in [0.05, 0.1) is 25.7 Å². The number of aliphatic carboxylic acids is 1. The molecule has 0 aliphatic carbocycles. The van der Waals surface area contributed by atoms with Crippen molar-refractivity contribution < 1.29 is 14.6 Å². The fourth-order valence-electron chi connectivity index (χ4n) is 2.02. The normalized spacial score (nSPS) is 24.4. The molecule has 1 aromatic heterocycles. The van der Waals surface area contributed by atoms with Crippen molar-refractivity contribution in [2.24, 2.45) is 5.92 Å². The minimum absolute atomic E-state index is 0.0586. The maximum absolute atomic E-state index is 11.1. The van der Waals surface area contributed by atoms with Gasteiger partial charge in [-0.25, -0.2) is 4.98 Å². The van der Waals surface area contributed by atoms with Gasteiger partial charge in [0.2, 0.25) is 0 Å². The maximum atomic E-state index is 11.1. The van der Waals surface area contributed by atoms with Crippen LogP contribution < -0.4 is 0 Å². The van der Waals surface area contributed by atoms with Crippen LogP contribution in [0, 0.1) is 12.8 Å². The van der Waals surface area contributed by atoms with E-state index in [-0.39, 0.29) is 6.04 Å². The van der Waals surface area contributed by atoms with Gasteiger partial charge in [-0.3, -0.25) is 9.69 Å². The molecule has 0 spiro atoms. The first-order valence-electron chi connectivity index (χ1n) is 5.49. The number of rotatable bonds is 4. The molecule has 0 aromatic carbocycles. The number of carboxylic acid groups (broad SMARTS) is 1. The van der Waals surface area contributed by atoms with Crippen LogP contribution in [0.5, 0.6) is 0 Å². The maximum Gasteiger partial charge on any atom is 0.310 e. The molecule has 1 N–H and O–H groups in total. The first-order valence-corrected chi connectivity index (χ1v) is 6.37. The number of carboxylic acids is 1. The molecule has 2 atom stereocenters. The number of thiazole rings is 1. The Morgan fingerprint density at radius 2 is 2.47 bits per heavy atom. The molecule has 1 saturated heterocycles. The summed E-state index contributed by atoms with van der Waals surface area (Å²) in [5.41, 5.74) is 1.01. The van der Waals surface area contributed by atoms with Crippen molar-refractivity contribution in [2.45, 2.75) is 19.5 Å². The van der Waals surface area contributed by atoms with Crippen molar-refractivity contribution in [3.05, 3.63) is 16.1 Å². The molecule has 1 aliphatic rings. The van der Waals surface area contributed by atoms with Crippen molar-refractivity contribution in [1.29, 1.82) is 0 Å². The third kappa shape index (κ3) is 2.83. The standard InChI is InChI=1S/C11H16N2O3S/c1-7-6-17-10(12-7)3-13(2)9-5-16-4-8(9)11(14)15/h6,8-9H,3-5H2,1-2H3,(H,14,15). The number of nitrogens with zero attached hydrogens (tertiary/aromatic N) is 2. The minimum Gasteiger partial charge on any atom is -0.481 e. The van der Waals surface area contributed by atoms with Crippen LogP contribution in [0.25, 0.3) is 0 Å². The largest absolute Gasteiger partial charge is 0.481 e. The first-order chi connectivity index (χ1) is 8.08. The molecule has 0 radical (unpaired) electrons. The van der Waals surface area contributed by atoms with Crippen LogP contribution in [0.2, 0.25) is 0 Å². The van der Waals surface area contributed by atoms with Gasteiger partial charge < -0.3 is 9.84 Å². The van der Waals surface area contributed by atoms with E-state index < -0.39 is 11.9 Å². The Bertz CT molecular complexity index is 407. The Hall–Kier alpha value is -0.980. The van der Waals surface area contributed by atoms with Gasteiger partial charge >= 0.3 is 5.97 Å². The van der Waals surface area contributed by atoms with Gasteiger partial charge in [-0.1, -0.05) is 0 Å². The summed E-state index contributed by atoms with van der Waals surface area (Å²) in [6.45, 7) is 3.42. The summed E-state index contributed by atoms with van der Waals surface area (Å²) >= 11 is 1.61. The highest BCUT2D eigenvalue weighted by Crippen LogP contribution is 2.21. The van der Waals surface area contributed by atoms with E-state index in [1.54, 1.807) is 11.3 Å². The van der Waals surface area contributed by atoms with E-state index in [1.165, 1.54) is 0 Å². The third-order valence-electron chi connectivity index (χ3n) is 2.99. The van der Waals surface area contributed by atoms with Crippen LogP contribution in [-0.2, 0) is 16.1 Å². The number of hydrogen-bond donors (Lipinski definition) is 1. The average molecular weight is 256 g/mol. The molecular weight excluding hydrogens is 240 g/mol. The first kappa shape index (κ1) is 12.5. The smallest absolute Gasteiger partial charge is 0.310 e. The Labute approximate surface area is 104 Å². The van der Waals surface area contributed by atoms with Gasteiger partial charge in [0.25, 0.3) is 0 Å². The molecule has 0 saturated carbocycles. The molecule has 2 heterocycles. The fraction of sp³-hybridized carbons (Fsp3) is 0.636. The minimum atomic E-state index is -0.783. The van der Waals surface area contributed by atoms with E-state index in [2.05, 4.69) is 4.98 Å². The van der Waals surface area contributed by atoms with E-state index in [0.717, 1.165) is 10.7 Å². The van der Waals surface area contributed by atoms with E-state index in [0.29, 0.717) is 19.8 Å². The van der Waals surface area contributed by atoms with Gasteiger partial charge in [-0.05, 0) is 14.0 Å². The van der Waals surface area contributed by atoms with E-state index in [9.17, 15) is 4.79 Å². The van der Waals surface area contributed by atoms with Crippen LogP contribution in [0.1, 0.15) is 10.7 Å². The summed E-state index contributed by atoms with van der Waals surface area (Å²) in [4.78, 5) is 17.5. The zero-order valence-corrected chi connectivity index (χ0v) is 10.7. The number of carbonyl (C=O) groups is 1. The SMILES string of the molecule is Cc1csc(CN(C)C2COCC2C(=O)O)n1. The van der Waals surface area contributed by atoms with Crippen molar-refractivity contribution in [3.63, 3.8) is 0 Å². The van der Waals surface area contributed by atoms with Gasteiger partial charge in [0.1, 0.15) is 5.01 Å². The molecule has 0 bridgehead atoms. The molecule has 1 aliphatic heterocycles. The highest BCUT2D eigenvalue weighted by Gasteiger charge is 2.36. The lowest BCUT2D eigenvalue weighted by Crippen LogP contribution is -2.40. The zero-order valence-electron chi connectivity index (χ0n) is 9.92. The Morgan fingerprint density at radius 3 is 3.06 bits per heavy atom. The Balaban J connectivity index is 1.99. The van der Waals surface area contributed by atoms with Crippen LogP contribution in [0.15, 0.2) is 5.38 Å². The highest BCUT2D eigenvalue weighted by molar-refractivity contribution is 7.09. The summed E-state index contributed by atoms with van der Waals surface area (Å²) < 4.78 is 5.26. The van der Waals surface area contributed by atoms with Crippen molar-refractivity contribution >= 4 is 17.3 Å². The van der Waals surface area contributed by atoms with E-state index >= 15 is 0 Å². The van der Waals surface area contributed by atoms with E-state index in [1.807, 2.05) is 24.3 Å². The predicted octanol–water partition coefficient (Wildman–Crippen LogP) is 0.983. The molecule has 2 rings (SSSR count). The molecule has 94 valence electrons. The Morgan fingerprint density at radius 1 is 1.71 bits per heavy atom. The number of hydrogen-bond acceptors (Lipinski definition) is 5. The van der Waals surface area contributed by atoms with Crippen molar-refractivity contribution in [2.75, 3.05) is 20.3 Å². The molecule has 6 heteroatoms. The fourth-order valence-corrected chi connectivity index (χ4v) is 2.85. The zero-order chi connectivity index (χ0) is 12.4. The average Bonchev–Trinajstić information content (AvgIpc) is 2.86. The number of ether oxygens (including phenoxy) is 1. The summed E-state index contributed by atoms with van der Waals surface area (Å²) in [5.74, 6) is -1.21. The van der Waals surface area contributed by atoms with Crippen molar-refractivity contribution in [1.82, 2.24) is 9.88 Å². The number of aromatic nitrogens is 1. The van der Waals surface area contributed by atoms with Gasteiger partial charge in [0, 0.05) is 17.1 Å². The van der Waals surface area contributed by atoms with Crippen LogP contribution in [0.4, 0.5) is 0 Å². The molecule has 1 fully saturated rings. The third-order valence-corrected chi connectivity index (χ3v) is 3.94. The summed E-state index contributed by atoms with van der Waals surface area (Å²) in [6.07, 6.45) is 0. The van der Waals surface area contributed by atoms with Gasteiger partial charge in [-0.2, -0.15) is 0 Å². The second-order valence-corrected chi connectivity index (χ2v) is 5.29. The molecule has 0 amide bonds. The van der Waals surface area contributed by atoms with Crippen molar-refractivity contribution in [3.8, 4) is 0 Å². The molecular formula is C11H16N2O3S. The summed E-state index contributed by atoms with van der Waals surface area (Å²) in [5, 5.41) is 12.1. The lowest BCUT2D eigenvalue weighted by Gasteiger charge is -2.24. The monoisotopic (exact) mass is 256 g/mol. The van der Waals surface area contributed by atoms with E-state index in [4.69, 9.17) is 9.84 Å². The highest BCUT2D eigenvalue weighted by atomic mass is 32.1. The molecule has 17 heavy (non-hydrogen) atoms. The van der Waals surface area contributed by atoms with Crippen LogP contribution in [0.3, 0.4) is 0 Å². The Kier molecular flexibility index (Phi) is 3.76.